The number of esters is 1. The number of ether oxygens (including phenoxy) is 1. The van der Waals surface area contributed by atoms with Crippen LogP contribution in [0.3, 0.4) is 0 Å². The van der Waals surface area contributed by atoms with E-state index in [4.69, 9.17) is 16.3 Å². The Hall–Kier alpha value is -3.46. The van der Waals surface area contributed by atoms with E-state index in [1.54, 1.807) is 18.2 Å². The van der Waals surface area contributed by atoms with Crippen molar-refractivity contribution < 1.29 is 14.3 Å². The van der Waals surface area contributed by atoms with Gasteiger partial charge in [0.1, 0.15) is 12.4 Å². The van der Waals surface area contributed by atoms with E-state index in [9.17, 15) is 19.2 Å². The van der Waals surface area contributed by atoms with Gasteiger partial charge in [-0.25, -0.2) is 9.67 Å². The van der Waals surface area contributed by atoms with Crippen molar-refractivity contribution in [2.24, 2.45) is 0 Å². The minimum atomic E-state index is -1.15. The number of nitrogens with one attached hydrogen (secondary N) is 2. The zero-order chi connectivity index (χ0) is 20.3. The first-order valence-corrected chi connectivity index (χ1v) is 8.56. The molecule has 2 heterocycles. The summed E-state index contributed by atoms with van der Waals surface area (Å²) >= 11 is 5.72. The molecule has 3 aromatic rings. The lowest BCUT2D eigenvalue weighted by molar-refractivity contribution is -0.154. The lowest BCUT2D eigenvalue weighted by Gasteiger charge is -2.14. The zero-order valence-corrected chi connectivity index (χ0v) is 15.4. The molecule has 0 saturated carbocycles. The number of carbonyl (C=O) groups is 2. The molecule has 0 radical (unpaired) electrons. The standard InChI is InChI=1S/C18H15ClN4O5/c1-10(16(25)21-14-7-6-11(19)8-20-14)28-15(24)9-23-18(27)13-5-3-2-4-12(13)17(26)22-23/h2-8,10H,9H2,1H3,(H,22,26)(H,20,21,25)/t10-/m1/s1. The molecule has 0 aliphatic heterocycles. The minimum Gasteiger partial charge on any atom is -0.451 e. The van der Waals surface area contributed by atoms with E-state index in [1.165, 1.54) is 31.3 Å². The fraction of sp³-hybridized carbons (Fsp3) is 0.167. The monoisotopic (exact) mass is 402 g/mol. The molecular formula is C18H15ClN4O5. The number of hydrogen-bond donors (Lipinski definition) is 2. The number of benzene rings is 1. The Labute approximate surface area is 162 Å². The van der Waals surface area contributed by atoms with Crippen molar-refractivity contribution in [3.8, 4) is 0 Å². The van der Waals surface area contributed by atoms with Crippen molar-refractivity contribution in [2.45, 2.75) is 19.6 Å². The number of anilines is 1. The smallest absolute Gasteiger partial charge is 0.328 e. The largest absolute Gasteiger partial charge is 0.451 e. The van der Waals surface area contributed by atoms with Crippen LogP contribution in [0.25, 0.3) is 10.8 Å². The van der Waals surface area contributed by atoms with Crippen LogP contribution in [-0.4, -0.2) is 32.7 Å². The van der Waals surface area contributed by atoms with E-state index in [-0.39, 0.29) is 16.6 Å². The average molecular weight is 403 g/mol. The summed E-state index contributed by atoms with van der Waals surface area (Å²) in [5, 5.41) is 5.60. The number of pyridine rings is 1. The molecule has 10 heteroatoms. The Kier molecular flexibility index (Phi) is 5.55. The molecule has 0 fully saturated rings. The van der Waals surface area contributed by atoms with Crippen molar-refractivity contribution in [2.75, 3.05) is 5.32 Å². The van der Waals surface area contributed by atoms with Crippen molar-refractivity contribution in [3.63, 3.8) is 0 Å². The summed E-state index contributed by atoms with van der Waals surface area (Å²) in [7, 11) is 0. The maximum atomic E-state index is 12.4. The molecule has 0 unspecified atom stereocenters. The molecule has 0 aliphatic rings. The minimum absolute atomic E-state index is 0.179. The first-order valence-electron chi connectivity index (χ1n) is 8.19. The lowest BCUT2D eigenvalue weighted by atomic mass is 10.2. The van der Waals surface area contributed by atoms with Crippen molar-refractivity contribution in [1.82, 2.24) is 14.8 Å². The van der Waals surface area contributed by atoms with Crippen molar-refractivity contribution in [3.05, 3.63) is 68.3 Å². The topological polar surface area (TPSA) is 123 Å². The van der Waals surface area contributed by atoms with Gasteiger partial charge in [0.2, 0.25) is 0 Å². The number of carbonyl (C=O) groups excluding carboxylic acids is 2. The molecule has 2 N–H and O–H groups in total. The number of aromatic amines is 1. The predicted octanol–water partition coefficient (Wildman–Crippen LogP) is 1.31. The Bertz CT molecular complexity index is 1150. The van der Waals surface area contributed by atoms with Crippen LogP contribution in [0.15, 0.2) is 52.2 Å². The molecular weight excluding hydrogens is 388 g/mol. The molecule has 0 aliphatic carbocycles. The van der Waals surface area contributed by atoms with Crippen LogP contribution in [0, 0.1) is 0 Å². The first-order chi connectivity index (χ1) is 13.3. The third-order valence-corrected chi connectivity index (χ3v) is 4.05. The second-order valence-electron chi connectivity index (χ2n) is 5.86. The van der Waals surface area contributed by atoms with Gasteiger partial charge in [-0.2, -0.15) is 0 Å². The van der Waals surface area contributed by atoms with E-state index >= 15 is 0 Å². The van der Waals surface area contributed by atoms with Crippen LogP contribution in [0.5, 0.6) is 0 Å². The number of H-pyrrole nitrogens is 1. The summed E-state index contributed by atoms with van der Waals surface area (Å²) in [6.45, 7) is 0.824. The van der Waals surface area contributed by atoms with Gasteiger partial charge in [-0.05, 0) is 31.2 Å². The Morgan fingerprint density at radius 1 is 1.21 bits per heavy atom. The lowest BCUT2D eigenvalue weighted by Crippen LogP contribution is -2.36. The molecule has 1 aromatic carbocycles. The molecule has 1 amide bonds. The molecule has 1 atom stereocenters. The maximum absolute atomic E-state index is 12.4. The Morgan fingerprint density at radius 2 is 1.93 bits per heavy atom. The molecule has 0 saturated heterocycles. The van der Waals surface area contributed by atoms with Crippen LogP contribution >= 0.6 is 11.6 Å². The first kappa shape index (κ1) is 19.3. The Morgan fingerprint density at radius 3 is 2.61 bits per heavy atom. The predicted molar refractivity (Wildman–Crippen MR) is 102 cm³/mol. The van der Waals surface area contributed by atoms with Gasteiger partial charge in [0, 0.05) is 6.20 Å². The van der Waals surface area contributed by atoms with E-state index in [1.807, 2.05) is 0 Å². The molecule has 0 bridgehead atoms. The van der Waals surface area contributed by atoms with E-state index < -0.39 is 35.6 Å². The van der Waals surface area contributed by atoms with E-state index in [0.29, 0.717) is 5.02 Å². The maximum Gasteiger partial charge on any atom is 0.328 e. The molecule has 9 nitrogen and oxygen atoms in total. The van der Waals surface area contributed by atoms with Crippen LogP contribution < -0.4 is 16.4 Å². The number of rotatable bonds is 5. The number of nitrogens with zero attached hydrogens (tertiary/aromatic N) is 2. The SMILES string of the molecule is C[C@@H](OC(=O)Cn1[nH]c(=O)c2ccccc2c1=O)C(=O)Nc1ccc(Cl)cn1. The number of fused-ring (bicyclic) bond motifs is 1. The molecule has 2 aromatic heterocycles. The molecule has 144 valence electrons. The van der Waals surface area contributed by atoms with Crippen LogP contribution in [0.2, 0.25) is 5.02 Å². The fourth-order valence-corrected chi connectivity index (χ4v) is 2.56. The normalized spacial score (nSPS) is 11.8. The van der Waals surface area contributed by atoms with Crippen LogP contribution in [-0.2, 0) is 20.9 Å². The summed E-state index contributed by atoms with van der Waals surface area (Å²) < 4.78 is 5.88. The fourth-order valence-electron chi connectivity index (χ4n) is 2.45. The second-order valence-corrected chi connectivity index (χ2v) is 6.30. The highest BCUT2D eigenvalue weighted by molar-refractivity contribution is 6.30. The van der Waals surface area contributed by atoms with Gasteiger partial charge in [0.15, 0.2) is 6.10 Å². The third kappa shape index (κ3) is 4.26. The number of amides is 1. The van der Waals surface area contributed by atoms with Gasteiger partial charge in [-0.1, -0.05) is 23.7 Å². The van der Waals surface area contributed by atoms with Gasteiger partial charge in [0.05, 0.1) is 15.8 Å². The summed E-state index contributed by atoms with van der Waals surface area (Å²) in [6, 6.07) is 9.28. The van der Waals surface area contributed by atoms with Gasteiger partial charge >= 0.3 is 5.97 Å². The summed E-state index contributed by atoms with van der Waals surface area (Å²) in [6.07, 6.45) is 0.212. The highest BCUT2D eigenvalue weighted by Crippen LogP contribution is 2.10. The number of hydrogen-bond acceptors (Lipinski definition) is 6. The average Bonchev–Trinajstić information content (AvgIpc) is 2.67. The highest BCUT2D eigenvalue weighted by atomic mass is 35.5. The highest BCUT2D eigenvalue weighted by Gasteiger charge is 2.19. The van der Waals surface area contributed by atoms with E-state index in [0.717, 1.165) is 4.68 Å². The van der Waals surface area contributed by atoms with Gasteiger partial charge < -0.3 is 10.1 Å². The summed E-state index contributed by atoms with van der Waals surface area (Å²) in [5.41, 5.74) is -1.06. The summed E-state index contributed by atoms with van der Waals surface area (Å²) in [5.74, 6) is -1.23. The van der Waals surface area contributed by atoms with Crippen LogP contribution in [0.4, 0.5) is 5.82 Å². The number of halogens is 1. The van der Waals surface area contributed by atoms with Crippen molar-refractivity contribution >= 4 is 40.1 Å². The molecule has 0 spiro atoms. The van der Waals surface area contributed by atoms with E-state index in [2.05, 4.69) is 15.4 Å². The molecule has 3 rings (SSSR count). The second kappa shape index (κ2) is 8.05. The Balaban J connectivity index is 1.68. The van der Waals surface area contributed by atoms with Gasteiger partial charge in [-0.15, -0.1) is 0 Å². The quantitative estimate of drug-likeness (QED) is 0.620. The number of aromatic nitrogens is 3. The summed E-state index contributed by atoms with van der Waals surface area (Å²) in [4.78, 5) is 52.5. The van der Waals surface area contributed by atoms with Crippen LogP contribution in [0.1, 0.15) is 6.92 Å². The molecule has 28 heavy (non-hydrogen) atoms. The van der Waals surface area contributed by atoms with Gasteiger partial charge in [-0.3, -0.25) is 24.3 Å². The third-order valence-electron chi connectivity index (χ3n) is 3.83. The zero-order valence-electron chi connectivity index (χ0n) is 14.6. The van der Waals surface area contributed by atoms with Gasteiger partial charge in [0.25, 0.3) is 17.0 Å². The van der Waals surface area contributed by atoms with Crippen molar-refractivity contribution in [1.29, 1.82) is 0 Å².